The molecule has 6 nitrogen and oxygen atoms in total. The quantitative estimate of drug-likeness (QED) is 0.890. The van der Waals surface area contributed by atoms with Gasteiger partial charge in [-0.3, -0.25) is 9.59 Å². The van der Waals surface area contributed by atoms with Crippen molar-refractivity contribution in [2.24, 2.45) is 11.8 Å². The van der Waals surface area contributed by atoms with Crippen LogP contribution in [0.2, 0.25) is 0 Å². The fraction of sp³-hybridized carbons (Fsp3) is 0.750. The number of hydrogen-bond acceptors (Lipinski definition) is 4. The minimum absolute atomic E-state index is 0.00129. The molecule has 3 heterocycles. The molecule has 2 fully saturated rings. The maximum absolute atomic E-state index is 13.1. The van der Waals surface area contributed by atoms with Gasteiger partial charge in [-0.15, -0.1) is 0 Å². The molecule has 26 heavy (non-hydrogen) atoms. The molecule has 3 aliphatic rings. The topological polar surface area (TPSA) is 69.3 Å². The third kappa shape index (κ3) is 3.70. The number of aromatic nitrogens is 2. The van der Waals surface area contributed by atoms with Gasteiger partial charge in [0.25, 0.3) is 5.56 Å². The molecular weight excluding hydrogens is 328 g/mol. The number of aromatic amines is 1. The molecule has 1 saturated heterocycles. The van der Waals surface area contributed by atoms with Crippen molar-refractivity contribution in [3.63, 3.8) is 0 Å². The third-order valence-electron chi connectivity index (χ3n) is 6.15. The van der Waals surface area contributed by atoms with Crippen molar-refractivity contribution in [3.05, 3.63) is 27.4 Å². The van der Waals surface area contributed by atoms with Gasteiger partial charge in [-0.05, 0) is 58.4 Å². The molecule has 1 amide bonds. The minimum Gasteiger partial charge on any atom is -0.336 e. The van der Waals surface area contributed by atoms with Gasteiger partial charge >= 0.3 is 0 Å². The van der Waals surface area contributed by atoms with Gasteiger partial charge in [0.05, 0.1) is 18.2 Å². The van der Waals surface area contributed by atoms with Crippen molar-refractivity contribution >= 4 is 5.91 Å². The Hall–Kier alpha value is -1.69. The van der Waals surface area contributed by atoms with E-state index in [1.807, 2.05) is 4.90 Å². The van der Waals surface area contributed by atoms with Gasteiger partial charge in [0, 0.05) is 31.1 Å². The predicted molar refractivity (Wildman–Crippen MR) is 99.8 cm³/mol. The van der Waals surface area contributed by atoms with E-state index >= 15 is 0 Å². The van der Waals surface area contributed by atoms with E-state index in [4.69, 9.17) is 4.98 Å². The van der Waals surface area contributed by atoms with Gasteiger partial charge in [0.15, 0.2) is 0 Å². The molecule has 6 heteroatoms. The summed E-state index contributed by atoms with van der Waals surface area (Å²) in [4.78, 5) is 37.5. The lowest BCUT2D eigenvalue weighted by Crippen LogP contribution is -2.48. The molecule has 1 aromatic rings. The highest BCUT2D eigenvalue weighted by Gasteiger charge is 2.33. The lowest BCUT2D eigenvalue weighted by Gasteiger charge is -2.38. The first-order chi connectivity index (χ1) is 12.5. The van der Waals surface area contributed by atoms with Crippen LogP contribution in [0, 0.1) is 11.8 Å². The summed E-state index contributed by atoms with van der Waals surface area (Å²) in [6, 6.07) is 0.484. The van der Waals surface area contributed by atoms with Gasteiger partial charge in [0.2, 0.25) is 5.91 Å². The van der Waals surface area contributed by atoms with Crippen LogP contribution in [0.5, 0.6) is 0 Å². The number of carbonyl (C=O) groups is 1. The van der Waals surface area contributed by atoms with Crippen LogP contribution >= 0.6 is 0 Å². The number of piperidine rings is 1. The Bertz CT molecular complexity index is 738. The smallest absolute Gasteiger partial charge is 0.254 e. The molecule has 0 unspecified atom stereocenters. The number of H-pyrrole nitrogens is 1. The molecule has 1 atom stereocenters. The Morgan fingerprint density at radius 3 is 2.81 bits per heavy atom. The van der Waals surface area contributed by atoms with Crippen molar-refractivity contribution in [1.29, 1.82) is 0 Å². The lowest BCUT2D eigenvalue weighted by atomic mass is 9.94. The summed E-state index contributed by atoms with van der Waals surface area (Å²) < 4.78 is 0. The van der Waals surface area contributed by atoms with Crippen LogP contribution in [0.1, 0.15) is 56.6 Å². The zero-order chi connectivity index (χ0) is 18.3. The molecule has 4 rings (SSSR count). The minimum atomic E-state index is 0.00129. The van der Waals surface area contributed by atoms with Crippen molar-refractivity contribution in [1.82, 2.24) is 19.8 Å². The van der Waals surface area contributed by atoms with Crippen LogP contribution in [0.25, 0.3) is 0 Å². The summed E-state index contributed by atoms with van der Waals surface area (Å²) in [6.07, 6.45) is 6.01. The monoisotopic (exact) mass is 358 g/mol. The Morgan fingerprint density at radius 2 is 2.08 bits per heavy atom. The molecule has 0 aromatic carbocycles. The average Bonchev–Trinajstić information content (AvgIpc) is 3.44. The SMILES string of the molecule is CC(C)N1CCC[C@H](C(=O)N2CCc3c(nc(CC4CC4)[nH]c3=O)C2)C1. The molecule has 142 valence electrons. The van der Waals surface area contributed by atoms with Crippen LogP contribution < -0.4 is 5.56 Å². The van der Waals surface area contributed by atoms with Crippen LogP contribution in [0.4, 0.5) is 0 Å². The van der Waals surface area contributed by atoms with E-state index in [2.05, 4.69) is 23.7 Å². The Labute approximate surface area is 155 Å². The number of likely N-dealkylation sites (tertiary alicyclic amines) is 1. The molecule has 1 aliphatic carbocycles. The Balaban J connectivity index is 1.47. The van der Waals surface area contributed by atoms with Crippen LogP contribution in [0.15, 0.2) is 4.79 Å². The number of nitrogens with one attached hydrogen (secondary N) is 1. The van der Waals surface area contributed by atoms with Crippen molar-refractivity contribution in [2.45, 2.75) is 65.0 Å². The summed E-state index contributed by atoms with van der Waals surface area (Å²) in [7, 11) is 0. The van der Waals surface area contributed by atoms with Gasteiger partial charge in [-0.25, -0.2) is 4.98 Å². The maximum Gasteiger partial charge on any atom is 0.254 e. The fourth-order valence-corrected chi connectivity index (χ4v) is 4.31. The molecule has 1 saturated carbocycles. The number of hydrogen-bond donors (Lipinski definition) is 1. The van der Waals surface area contributed by atoms with Crippen LogP contribution in [0.3, 0.4) is 0 Å². The van der Waals surface area contributed by atoms with Crippen molar-refractivity contribution in [2.75, 3.05) is 19.6 Å². The van der Waals surface area contributed by atoms with Crippen LogP contribution in [-0.4, -0.2) is 51.4 Å². The maximum atomic E-state index is 13.1. The first kappa shape index (κ1) is 17.7. The van der Waals surface area contributed by atoms with Gasteiger partial charge in [-0.2, -0.15) is 0 Å². The second kappa shape index (κ2) is 7.14. The first-order valence-electron chi connectivity index (χ1n) is 10.1. The molecule has 0 radical (unpaired) electrons. The van der Waals surface area contributed by atoms with Gasteiger partial charge < -0.3 is 14.8 Å². The summed E-state index contributed by atoms with van der Waals surface area (Å²) in [6.45, 7) is 7.47. The zero-order valence-corrected chi connectivity index (χ0v) is 16.0. The van der Waals surface area contributed by atoms with E-state index in [9.17, 15) is 9.59 Å². The van der Waals surface area contributed by atoms with E-state index in [-0.39, 0.29) is 17.4 Å². The number of amides is 1. The lowest BCUT2D eigenvalue weighted by molar-refractivity contribution is -0.138. The standard InChI is InChI=1S/C20H30N4O2/c1-13(2)23-8-3-4-15(11-23)20(26)24-9-7-16-17(12-24)21-18(22-19(16)25)10-14-5-6-14/h13-15H,3-12H2,1-2H3,(H,21,22,25)/t15-/m0/s1. The highest BCUT2D eigenvalue weighted by atomic mass is 16.2. The van der Waals surface area contributed by atoms with Crippen LogP contribution in [-0.2, 0) is 24.2 Å². The first-order valence-corrected chi connectivity index (χ1v) is 10.1. The average molecular weight is 358 g/mol. The molecule has 2 aliphatic heterocycles. The van der Waals surface area contributed by atoms with Gasteiger partial charge in [-0.1, -0.05) is 0 Å². The summed E-state index contributed by atoms with van der Waals surface area (Å²) >= 11 is 0. The van der Waals surface area contributed by atoms with Gasteiger partial charge in [0.1, 0.15) is 5.82 Å². The third-order valence-corrected chi connectivity index (χ3v) is 6.15. The second-order valence-corrected chi connectivity index (χ2v) is 8.52. The predicted octanol–water partition coefficient (Wildman–Crippen LogP) is 1.73. The highest BCUT2D eigenvalue weighted by molar-refractivity contribution is 5.79. The summed E-state index contributed by atoms with van der Waals surface area (Å²) in [5.74, 6) is 1.81. The zero-order valence-electron chi connectivity index (χ0n) is 16.0. The Morgan fingerprint density at radius 1 is 1.27 bits per heavy atom. The summed E-state index contributed by atoms with van der Waals surface area (Å²) in [5, 5.41) is 0. The Kier molecular flexibility index (Phi) is 4.86. The highest BCUT2D eigenvalue weighted by Crippen LogP contribution is 2.31. The second-order valence-electron chi connectivity index (χ2n) is 8.52. The number of carbonyl (C=O) groups excluding carboxylic acids is 1. The number of nitrogens with zero attached hydrogens (tertiary/aromatic N) is 3. The molecule has 0 bridgehead atoms. The van der Waals surface area contributed by atoms with E-state index in [1.54, 1.807) is 0 Å². The molecular formula is C20H30N4O2. The van der Waals surface area contributed by atoms with E-state index < -0.39 is 0 Å². The molecule has 0 spiro atoms. The van der Waals surface area contributed by atoms with E-state index in [0.717, 1.165) is 49.4 Å². The number of fused-ring (bicyclic) bond motifs is 1. The van der Waals surface area contributed by atoms with Crippen molar-refractivity contribution < 1.29 is 4.79 Å². The molecule has 1 aromatic heterocycles. The fourth-order valence-electron chi connectivity index (χ4n) is 4.31. The molecule has 1 N–H and O–H groups in total. The van der Waals surface area contributed by atoms with Crippen molar-refractivity contribution in [3.8, 4) is 0 Å². The normalized spacial score (nSPS) is 24.0. The van der Waals surface area contributed by atoms with E-state index in [0.29, 0.717) is 31.5 Å². The summed E-state index contributed by atoms with van der Waals surface area (Å²) in [5.41, 5.74) is 1.60. The van der Waals surface area contributed by atoms with E-state index in [1.165, 1.54) is 12.8 Å². The number of rotatable bonds is 4. The largest absolute Gasteiger partial charge is 0.336 e.